The Hall–Kier alpha value is -2.53. The van der Waals surface area contributed by atoms with E-state index in [9.17, 15) is 9.90 Å². The number of methoxy groups -OCH3 is 1. The summed E-state index contributed by atoms with van der Waals surface area (Å²) in [4.78, 5) is 15.4. The molecule has 162 valence electrons. The Labute approximate surface area is 179 Å². The number of aromatic hydroxyl groups is 1. The van der Waals surface area contributed by atoms with Crippen molar-refractivity contribution in [1.29, 1.82) is 0 Å². The second-order valence-corrected chi connectivity index (χ2v) is 8.38. The van der Waals surface area contributed by atoms with E-state index in [1.807, 2.05) is 51.1 Å². The Balaban J connectivity index is 1.73. The molecule has 0 atom stereocenters. The van der Waals surface area contributed by atoms with Crippen LogP contribution in [0.1, 0.15) is 42.0 Å². The lowest BCUT2D eigenvalue weighted by molar-refractivity contribution is -0.158. The molecule has 0 amide bonds. The Kier molecular flexibility index (Phi) is 7.03. The van der Waals surface area contributed by atoms with E-state index in [1.165, 1.54) is 5.56 Å². The number of benzene rings is 2. The quantitative estimate of drug-likeness (QED) is 0.684. The van der Waals surface area contributed by atoms with Gasteiger partial charge in [0.1, 0.15) is 11.5 Å². The molecule has 0 bridgehead atoms. The van der Waals surface area contributed by atoms with Crippen LogP contribution in [0.2, 0.25) is 0 Å². The molecule has 2 aromatic rings. The van der Waals surface area contributed by atoms with Crippen molar-refractivity contribution in [2.24, 2.45) is 5.41 Å². The number of aryl methyl sites for hydroxylation is 2. The molecule has 1 fully saturated rings. The molecule has 1 aliphatic heterocycles. The predicted octanol–water partition coefficient (Wildman–Crippen LogP) is 4.41. The lowest BCUT2D eigenvalue weighted by atomic mass is 9.73. The standard InChI is InChI=1S/C25H33NO4/c1-5-30-24(28)25(16-20-7-6-8-22(15-20)29-4)9-11-26(12-10-25)17-21-13-18(2)23(27)19(3)14-21/h6-8,13-15,27H,5,9-12,16-17H2,1-4H3. The molecule has 30 heavy (non-hydrogen) atoms. The van der Waals surface area contributed by atoms with Gasteiger partial charge in [-0.15, -0.1) is 0 Å². The van der Waals surface area contributed by atoms with E-state index >= 15 is 0 Å². The van der Waals surface area contributed by atoms with Gasteiger partial charge < -0.3 is 14.6 Å². The van der Waals surface area contributed by atoms with Gasteiger partial charge in [-0.1, -0.05) is 24.3 Å². The van der Waals surface area contributed by atoms with Gasteiger partial charge in [0.2, 0.25) is 0 Å². The highest BCUT2D eigenvalue weighted by Crippen LogP contribution is 2.38. The molecule has 1 saturated heterocycles. The Morgan fingerprint density at radius 3 is 2.37 bits per heavy atom. The summed E-state index contributed by atoms with van der Waals surface area (Å²) in [6.45, 7) is 8.61. The lowest BCUT2D eigenvalue weighted by Gasteiger charge is -2.40. The van der Waals surface area contributed by atoms with Crippen LogP contribution in [-0.2, 0) is 22.5 Å². The Morgan fingerprint density at radius 1 is 1.10 bits per heavy atom. The van der Waals surface area contributed by atoms with Gasteiger partial charge in [-0.2, -0.15) is 0 Å². The van der Waals surface area contributed by atoms with Gasteiger partial charge in [0, 0.05) is 6.54 Å². The molecule has 1 aliphatic rings. The average molecular weight is 412 g/mol. The number of carbonyl (C=O) groups excluding carboxylic acids is 1. The fourth-order valence-electron chi connectivity index (χ4n) is 4.44. The van der Waals surface area contributed by atoms with Crippen LogP contribution in [0.3, 0.4) is 0 Å². The number of hydrogen-bond donors (Lipinski definition) is 1. The predicted molar refractivity (Wildman–Crippen MR) is 118 cm³/mol. The van der Waals surface area contributed by atoms with Gasteiger partial charge in [0.25, 0.3) is 0 Å². The SMILES string of the molecule is CCOC(=O)C1(Cc2cccc(OC)c2)CCN(Cc2cc(C)c(O)c(C)c2)CC1. The molecule has 1 heterocycles. The van der Waals surface area contributed by atoms with Gasteiger partial charge >= 0.3 is 5.97 Å². The fourth-order valence-corrected chi connectivity index (χ4v) is 4.44. The first-order chi connectivity index (χ1) is 14.4. The smallest absolute Gasteiger partial charge is 0.312 e. The molecule has 0 saturated carbocycles. The number of phenols is 1. The first-order valence-corrected chi connectivity index (χ1v) is 10.7. The number of hydrogen-bond acceptors (Lipinski definition) is 5. The molecule has 0 aromatic heterocycles. The zero-order valence-corrected chi connectivity index (χ0v) is 18.5. The van der Waals surface area contributed by atoms with E-state index in [2.05, 4.69) is 11.0 Å². The monoisotopic (exact) mass is 411 g/mol. The number of esters is 1. The van der Waals surface area contributed by atoms with Gasteiger partial charge in [-0.3, -0.25) is 9.69 Å². The summed E-state index contributed by atoms with van der Waals surface area (Å²) in [6.07, 6.45) is 2.19. The summed E-state index contributed by atoms with van der Waals surface area (Å²) in [5, 5.41) is 10.0. The molecule has 3 rings (SSSR count). The van der Waals surface area contributed by atoms with E-state index in [4.69, 9.17) is 9.47 Å². The minimum atomic E-state index is -0.500. The average Bonchev–Trinajstić information content (AvgIpc) is 2.74. The lowest BCUT2D eigenvalue weighted by Crippen LogP contribution is -2.46. The van der Waals surface area contributed by atoms with Gasteiger partial charge in [0.05, 0.1) is 19.1 Å². The molecule has 2 aromatic carbocycles. The van der Waals surface area contributed by atoms with Crippen molar-refractivity contribution in [3.63, 3.8) is 0 Å². The number of ether oxygens (including phenoxy) is 2. The second kappa shape index (κ2) is 9.52. The van der Waals surface area contributed by atoms with Gasteiger partial charge in [0.15, 0.2) is 0 Å². The summed E-state index contributed by atoms with van der Waals surface area (Å²) in [7, 11) is 1.66. The van der Waals surface area contributed by atoms with Crippen molar-refractivity contribution >= 4 is 5.97 Å². The summed E-state index contributed by atoms with van der Waals surface area (Å²) in [5.41, 5.74) is 3.60. The number of phenolic OH excluding ortho intramolecular Hbond substituents is 1. The van der Waals surface area contributed by atoms with Crippen LogP contribution < -0.4 is 4.74 Å². The topological polar surface area (TPSA) is 59.0 Å². The zero-order valence-electron chi connectivity index (χ0n) is 18.5. The van der Waals surface area contributed by atoms with Crippen molar-refractivity contribution in [3.8, 4) is 11.5 Å². The molecule has 0 unspecified atom stereocenters. The van der Waals surface area contributed by atoms with Crippen LogP contribution in [0.25, 0.3) is 0 Å². The van der Waals surface area contributed by atoms with Crippen LogP contribution in [-0.4, -0.2) is 42.8 Å². The summed E-state index contributed by atoms with van der Waals surface area (Å²) in [6, 6.07) is 12.0. The van der Waals surface area contributed by atoms with Crippen molar-refractivity contribution in [2.45, 2.75) is 46.6 Å². The molecule has 5 heteroatoms. The van der Waals surface area contributed by atoms with Crippen molar-refractivity contribution in [1.82, 2.24) is 4.90 Å². The third-order valence-corrected chi connectivity index (χ3v) is 6.16. The molecule has 5 nitrogen and oxygen atoms in total. The summed E-state index contributed by atoms with van der Waals surface area (Å²) in [5.74, 6) is 1.09. The maximum Gasteiger partial charge on any atom is 0.312 e. The fraction of sp³-hybridized carbons (Fsp3) is 0.480. The summed E-state index contributed by atoms with van der Waals surface area (Å²) < 4.78 is 10.8. The maximum atomic E-state index is 13.0. The number of nitrogens with zero attached hydrogens (tertiary/aromatic N) is 1. The minimum Gasteiger partial charge on any atom is -0.507 e. The summed E-state index contributed by atoms with van der Waals surface area (Å²) >= 11 is 0. The molecule has 0 spiro atoms. The number of likely N-dealkylation sites (tertiary alicyclic amines) is 1. The second-order valence-electron chi connectivity index (χ2n) is 8.38. The largest absolute Gasteiger partial charge is 0.507 e. The maximum absolute atomic E-state index is 13.0. The third-order valence-electron chi connectivity index (χ3n) is 6.16. The van der Waals surface area contributed by atoms with Crippen molar-refractivity contribution in [3.05, 3.63) is 58.7 Å². The number of carbonyl (C=O) groups is 1. The molecular weight excluding hydrogens is 378 g/mol. The molecule has 0 aliphatic carbocycles. The molecule has 0 radical (unpaired) electrons. The van der Waals surface area contributed by atoms with E-state index in [1.54, 1.807) is 7.11 Å². The van der Waals surface area contributed by atoms with E-state index < -0.39 is 5.41 Å². The van der Waals surface area contributed by atoms with Gasteiger partial charge in [-0.05, 0) is 87.5 Å². The van der Waals surface area contributed by atoms with E-state index in [-0.39, 0.29) is 5.97 Å². The molecular formula is C25H33NO4. The van der Waals surface area contributed by atoms with Crippen molar-refractivity contribution < 1.29 is 19.4 Å². The van der Waals surface area contributed by atoms with Crippen LogP contribution in [0.15, 0.2) is 36.4 Å². The van der Waals surface area contributed by atoms with E-state index in [0.717, 1.165) is 54.9 Å². The zero-order chi connectivity index (χ0) is 21.7. The normalized spacial score (nSPS) is 16.3. The highest BCUT2D eigenvalue weighted by Gasteiger charge is 2.42. The Morgan fingerprint density at radius 2 is 1.77 bits per heavy atom. The van der Waals surface area contributed by atoms with E-state index in [0.29, 0.717) is 18.8 Å². The first-order valence-electron chi connectivity index (χ1n) is 10.7. The van der Waals surface area contributed by atoms with Crippen LogP contribution in [0, 0.1) is 19.3 Å². The number of piperidine rings is 1. The highest BCUT2D eigenvalue weighted by molar-refractivity contribution is 5.77. The number of rotatable bonds is 7. The van der Waals surface area contributed by atoms with Crippen LogP contribution in [0.4, 0.5) is 0 Å². The van der Waals surface area contributed by atoms with Gasteiger partial charge in [-0.25, -0.2) is 0 Å². The van der Waals surface area contributed by atoms with Crippen molar-refractivity contribution in [2.75, 3.05) is 26.8 Å². The van der Waals surface area contributed by atoms with Crippen LogP contribution in [0.5, 0.6) is 11.5 Å². The molecule has 1 N–H and O–H groups in total. The van der Waals surface area contributed by atoms with Crippen LogP contribution >= 0.6 is 0 Å². The minimum absolute atomic E-state index is 0.0937. The first kappa shape index (κ1) is 22.2. The third kappa shape index (κ3) is 4.96. The highest BCUT2D eigenvalue weighted by atomic mass is 16.5. The Bertz CT molecular complexity index is 861.